The van der Waals surface area contributed by atoms with Crippen molar-refractivity contribution in [2.24, 2.45) is 5.92 Å². The number of carboxylic acid groups (broad SMARTS) is 1. The van der Waals surface area contributed by atoms with Crippen LogP contribution in [0.15, 0.2) is 17.0 Å². The summed E-state index contributed by atoms with van der Waals surface area (Å²) in [7, 11) is -3.93. The van der Waals surface area contributed by atoms with Gasteiger partial charge in [-0.1, -0.05) is 6.92 Å². The second-order valence-corrected chi connectivity index (χ2v) is 6.64. The Balaban J connectivity index is 3.06. The molecule has 1 aromatic carbocycles. The van der Waals surface area contributed by atoms with Crippen LogP contribution in [-0.4, -0.2) is 37.8 Å². The van der Waals surface area contributed by atoms with E-state index in [9.17, 15) is 17.6 Å². The molecule has 21 heavy (non-hydrogen) atoms. The smallest absolute Gasteiger partial charge is 0.338 e. The minimum atomic E-state index is -3.93. The van der Waals surface area contributed by atoms with Gasteiger partial charge >= 0.3 is 5.97 Å². The average molecular weight is 319 g/mol. The van der Waals surface area contributed by atoms with Crippen molar-refractivity contribution in [1.82, 2.24) is 4.72 Å². The lowest BCUT2D eigenvalue weighted by Crippen LogP contribution is -2.29. The van der Waals surface area contributed by atoms with Gasteiger partial charge in [0.1, 0.15) is 5.82 Å². The van der Waals surface area contributed by atoms with Crippen LogP contribution in [0.4, 0.5) is 4.39 Å². The highest BCUT2D eigenvalue weighted by molar-refractivity contribution is 7.89. The molecule has 0 aliphatic heterocycles. The van der Waals surface area contributed by atoms with Crippen LogP contribution in [0.2, 0.25) is 0 Å². The third kappa shape index (κ3) is 4.48. The molecule has 1 unspecified atom stereocenters. The molecule has 0 saturated carbocycles. The predicted molar refractivity (Wildman–Crippen MR) is 74.2 cm³/mol. The van der Waals surface area contributed by atoms with Gasteiger partial charge in [-0.15, -0.1) is 0 Å². The van der Waals surface area contributed by atoms with Gasteiger partial charge in [-0.25, -0.2) is 22.3 Å². The van der Waals surface area contributed by atoms with Gasteiger partial charge < -0.3 is 10.2 Å². The van der Waals surface area contributed by atoms with Crippen molar-refractivity contribution in [2.45, 2.75) is 25.2 Å². The zero-order valence-electron chi connectivity index (χ0n) is 11.8. The minimum Gasteiger partial charge on any atom is -0.478 e. The molecular weight excluding hydrogens is 301 g/mol. The van der Waals surface area contributed by atoms with E-state index in [2.05, 4.69) is 4.72 Å². The fourth-order valence-electron chi connectivity index (χ4n) is 1.70. The maximum Gasteiger partial charge on any atom is 0.338 e. The molecule has 1 atom stereocenters. The molecule has 6 nitrogen and oxygen atoms in total. The molecule has 1 rings (SSSR count). The second kappa shape index (κ2) is 6.97. The van der Waals surface area contributed by atoms with Crippen molar-refractivity contribution < 1.29 is 27.8 Å². The van der Waals surface area contributed by atoms with Gasteiger partial charge in [0.15, 0.2) is 0 Å². The van der Waals surface area contributed by atoms with Gasteiger partial charge in [-0.2, -0.15) is 0 Å². The molecule has 0 heterocycles. The Morgan fingerprint density at radius 2 is 2.05 bits per heavy atom. The molecule has 0 aromatic heterocycles. The quantitative estimate of drug-likeness (QED) is 0.699. The van der Waals surface area contributed by atoms with E-state index in [4.69, 9.17) is 10.2 Å². The van der Waals surface area contributed by atoms with Gasteiger partial charge in [-0.05, 0) is 37.0 Å². The fourth-order valence-corrected chi connectivity index (χ4v) is 2.98. The lowest BCUT2D eigenvalue weighted by Gasteiger charge is -2.13. The first-order valence-electron chi connectivity index (χ1n) is 6.33. The van der Waals surface area contributed by atoms with E-state index in [-0.39, 0.29) is 29.5 Å². The molecule has 0 aliphatic rings. The van der Waals surface area contributed by atoms with Gasteiger partial charge in [0, 0.05) is 13.2 Å². The highest BCUT2D eigenvalue weighted by Crippen LogP contribution is 2.19. The van der Waals surface area contributed by atoms with Crippen LogP contribution >= 0.6 is 0 Å². The molecule has 0 amide bonds. The van der Waals surface area contributed by atoms with Crippen LogP contribution in [0.1, 0.15) is 29.3 Å². The summed E-state index contributed by atoms with van der Waals surface area (Å²) in [6.07, 6.45) is 0.436. The zero-order chi connectivity index (χ0) is 16.2. The molecule has 0 bridgehead atoms. The molecule has 8 heteroatoms. The van der Waals surface area contributed by atoms with E-state index in [1.165, 1.54) is 6.92 Å². The number of aliphatic hydroxyl groups is 1. The van der Waals surface area contributed by atoms with Crippen molar-refractivity contribution in [3.63, 3.8) is 0 Å². The maximum atomic E-state index is 13.6. The molecule has 118 valence electrons. The number of aromatic carboxylic acids is 1. The van der Waals surface area contributed by atoms with Gasteiger partial charge in [-0.3, -0.25) is 0 Å². The van der Waals surface area contributed by atoms with Crippen molar-refractivity contribution in [3.05, 3.63) is 29.1 Å². The summed E-state index contributed by atoms with van der Waals surface area (Å²) in [5.41, 5.74) is -0.738. The van der Waals surface area contributed by atoms with E-state index in [1.807, 2.05) is 0 Å². The molecule has 0 aliphatic carbocycles. The first kappa shape index (κ1) is 17.5. The number of sulfonamides is 1. The monoisotopic (exact) mass is 319 g/mol. The first-order chi connectivity index (χ1) is 9.69. The van der Waals surface area contributed by atoms with Crippen molar-refractivity contribution in [3.8, 4) is 0 Å². The Kier molecular flexibility index (Phi) is 5.82. The third-order valence-electron chi connectivity index (χ3n) is 3.01. The van der Waals surface area contributed by atoms with Crippen LogP contribution in [0.3, 0.4) is 0 Å². The summed E-state index contributed by atoms with van der Waals surface area (Å²) in [5.74, 6) is -2.55. The Bertz CT molecular complexity index is 630. The van der Waals surface area contributed by atoms with Gasteiger partial charge in [0.25, 0.3) is 0 Å². The maximum absolute atomic E-state index is 13.6. The van der Waals surface area contributed by atoms with E-state index < -0.39 is 27.4 Å². The largest absolute Gasteiger partial charge is 0.478 e. The van der Waals surface area contributed by atoms with Gasteiger partial charge in [0.05, 0.1) is 10.5 Å². The van der Waals surface area contributed by atoms with Gasteiger partial charge in [0.2, 0.25) is 10.0 Å². The number of rotatable bonds is 7. The van der Waals surface area contributed by atoms with Crippen molar-refractivity contribution >= 4 is 16.0 Å². The molecular formula is C13H18FNO5S. The highest BCUT2D eigenvalue weighted by Gasteiger charge is 2.21. The topological polar surface area (TPSA) is 104 Å². The average Bonchev–Trinajstić information content (AvgIpc) is 2.39. The van der Waals surface area contributed by atoms with Crippen molar-refractivity contribution in [2.75, 3.05) is 13.2 Å². The molecule has 1 aromatic rings. The van der Waals surface area contributed by atoms with E-state index in [0.717, 1.165) is 12.1 Å². The number of hydrogen-bond donors (Lipinski definition) is 3. The Labute approximate surface area is 122 Å². The second-order valence-electron chi connectivity index (χ2n) is 4.88. The summed E-state index contributed by atoms with van der Waals surface area (Å²) in [6, 6.07) is 1.88. The number of carboxylic acids is 1. The summed E-state index contributed by atoms with van der Waals surface area (Å²) in [6.45, 7) is 3.11. The lowest BCUT2D eigenvalue weighted by atomic mass is 10.1. The van der Waals surface area contributed by atoms with Crippen LogP contribution < -0.4 is 4.72 Å². The first-order valence-corrected chi connectivity index (χ1v) is 7.81. The molecule has 0 spiro atoms. The summed E-state index contributed by atoms with van der Waals surface area (Å²) >= 11 is 0. The predicted octanol–water partition coefficient (Wildman–Crippen LogP) is 1.13. The molecule has 0 saturated heterocycles. The van der Waals surface area contributed by atoms with E-state index in [1.54, 1.807) is 6.92 Å². The summed E-state index contributed by atoms with van der Waals surface area (Å²) < 4.78 is 40.1. The Morgan fingerprint density at radius 3 is 2.57 bits per heavy atom. The van der Waals surface area contributed by atoms with E-state index in [0.29, 0.717) is 6.42 Å². The lowest BCUT2D eigenvalue weighted by molar-refractivity contribution is 0.0691. The zero-order valence-corrected chi connectivity index (χ0v) is 12.6. The molecule has 0 fully saturated rings. The number of aliphatic hydroxyl groups excluding tert-OH is 1. The number of aryl methyl sites for hydroxylation is 1. The normalized spacial score (nSPS) is 13.1. The van der Waals surface area contributed by atoms with Crippen molar-refractivity contribution in [1.29, 1.82) is 0 Å². The number of halogens is 1. The van der Waals surface area contributed by atoms with Crippen LogP contribution in [0.25, 0.3) is 0 Å². The molecule has 3 N–H and O–H groups in total. The SMILES string of the molecule is Cc1cc(S(=O)(=O)NCC(C)CCO)cc(C(=O)O)c1F. The summed E-state index contributed by atoms with van der Waals surface area (Å²) in [5, 5.41) is 17.6. The number of carbonyl (C=O) groups is 1. The Morgan fingerprint density at radius 1 is 1.43 bits per heavy atom. The van der Waals surface area contributed by atoms with Crippen LogP contribution in [0, 0.1) is 18.7 Å². The number of nitrogens with one attached hydrogen (secondary N) is 1. The van der Waals surface area contributed by atoms with Crippen LogP contribution in [0.5, 0.6) is 0 Å². The third-order valence-corrected chi connectivity index (χ3v) is 4.42. The summed E-state index contributed by atoms with van der Waals surface area (Å²) in [4.78, 5) is 10.6. The number of benzene rings is 1. The standard InChI is InChI=1S/C13H18FNO5S/c1-8(3-4-16)7-15-21(19,20)10-5-9(2)12(14)11(6-10)13(17)18/h5-6,8,15-16H,3-4,7H2,1-2H3,(H,17,18). The molecule has 0 radical (unpaired) electrons. The number of hydrogen-bond acceptors (Lipinski definition) is 4. The Hall–Kier alpha value is -1.51. The van der Waals surface area contributed by atoms with E-state index >= 15 is 0 Å². The highest BCUT2D eigenvalue weighted by atomic mass is 32.2. The fraction of sp³-hybridized carbons (Fsp3) is 0.462. The van der Waals surface area contributed by atoms with Crippen LogP contribution in [-0.2, 0) is 10.0 Å². The minimum absolute atomic E-state index is 0.0539.